The summed E-state index contributed by atoms with van der Waals surface area (Å²) < 4.78 is 0. The molecule has 0 aliphatic rings. The number of hydrogen-bond acceptors (Lipinski definition) is 3. The molecule has 0 radical (unpaired) electrons. The molecule has 0 atom stereocenters. The third kappa shape index (κ3) is 5.39. The van der Waals surface area contributed by atoms with E-state index in [1.165, 1.54) is 5.56 Å². The smallest absolute Gasteiger partial charge is 0.110 e. The molecule has 0 heterocycles. The molecule has 1 N–H and O–H groups in total. The van der Waals surface area contributed by atoms with Crippen molar-refractivity contribution >= 4 is 0 Å². The Morgan fingerprint density at radius 2 is 1.94 bits per heavy atom. The van der Waals surface area contributed by atoms with Gasteiger partial charge < -0.3 is 0 Å². The minimum absolute atomic E-state index is 0.402. The lowest BCUT2D eigenvalue weighted by Gasteiger charge is -2.06. The molecule has 0 bridgehead atoms. The van der Waals surface area contributed by atoms with Crippen LogP contribution in [-0.4, -0.2) is 0 Å². The van der Waals surface area contributed by atoms with Gasteiger partial charge in [0, 0.05) is 12.5 Å². The molecule has 0 aliphatic carbocycles. The van der Waals surface area contributed by atoms with Crippen molar-refractivity contribution in [2.75, 3.05) is 0 Å². The SMILES string of the molecule is CCC#CNOOCc1ccc(C(C)C)cc1. The van der Waals surface area contributed by atoms with Crippen LogP contribution in [0.2, 0.25) is 0 Å². The lowest BCUT2D eigenvalue weighted by molar-refractivity contribution is -0.333. The largest absolute Gasteiger partial charge is 0.207 e. The van der Waals surface area contributed by atoms with Gasteiger partial charge in [0.1, 0.15) is 6.61 Å². The van der Waals surface area contributed by atoms with Crippen LogP contribution in [0, 0.1) is 12.0 Å². The molecule has 0 saturated carbocycles. The third-order valence-corrected chi connectivity index (χ3v) is 2.29. The van der Waals surface area contributed by atoms with Gasteiger partial charge in [0.25, 0.3) is 0 Å². The molecule has 0 spiro atoms. The molecule has 92 valence electrons. The van der Waals surface area contributed by atoms with E-state index >= 15 is 0 Å². The number of benzene rings is 1. The summed E-state index contributed by atoms with van der Waals surface area (Å²) in [5.41, 5.74) is 4.79. The number of hydrogen-bond donors (Lipinski definition) is 1. The van der Waals surface area contributed by atoms with Crippen molar-refractivity contribution in [3.05, 3.63) is 35.4 Å². The normalized spacial score (nSPS) is 9.88. The molecule has 3 heteroatoms. The van der Waals surface area contributed by atoms with Gasteiger partial charge in [0.05, 0.1) is 0 Å². The van der Waals surface area contributed by atoms with Gasteiger partial charge in [-0.25, -0.2) is 4.89 Å². The van der Waals surface area contributed by atoms with Gasteiger partial charge in [-0.15, -0.1) is 4.99 Å². The maximum atomic E-state index is 4.95. The van der Waals surface area contributed by atoms with Crippen molar-refractivity contribution in [2.45, 2.75) is 39.7 Å². The molecule has 1 aromatic rings. The Balaban J connectivity index is 2.27. The van der Waals surface area contributed by atoms with Crippen LogP contribution in [0.5, 0.6) is 0 Å². The van der Waals surface area contributed by atoms with Crippen molar-refractivity contribution in [3.63, 3.8) is 0 Å². The Morgan fingerprint density at radius 1 is 1.24 bits per heavy atom. The Bertz CT molecular complexity index is 373. The molecule has 0 aliphatic heterocycles. The molecule has 0 unspecified atom stereocenters. The van der Waals surface area contributed by atoms with E-state index in [2.05, 4.69) is 43.4 Å². The second-order valence-electron chi connectivity index (χ2n) is 4.00. The minimum Gasteiger partial charge on any atom is -0.207 e. The van der Waals surface area contributed by atoms with Crippen molar-refractivity contribution in [1.82, 2.24) is 5.48 Å². The number of hydroxylamine groups is 1. The van der Waals surface area contributed by atoms with Crippen LogP contribution in [0.1, 0.15) is 44.2 Å². The predicted octanol–water partition coefficient (Wildman–Crippen LogP) is 3.13. The molecule has 1 rings (SSSR count). The first-order valence-corrected chi connectivity index (χ1v) is 5.84. The molecule has 0 fully saturated rings. The average Bonchev–Trinajstić information content (AvgIpc) is 2.34. The van der Waals surface area contributed by atoms with Crippen molar-refractivity contribution < 1.29 is 9.88 Å². The van der Waals surface area contributed by atoms with Gasteiger partial charge in [-0.3, -0.25) is 0 Å². The summed E-state index contributed by atoms with van der Waals surface area (Å²) in [6.45, 7) is 6.71. The van der Waals surface area contributed by atoms with Gasteiger partial charge in [0.2, 0.25) is 0 Å². The Morgan fingerprint density at radius 3 is 2.53 bits per heavy atom. The van der Waals surface area contributed by atoms with Crippen LogP contribution in [-0.2, 0) is 16.5 Å². The van der Waals surface area contributed by atoms with E-state index in [-0.39, 0.29) is 0 Å². The van der Waals surface area contributed by atoms with Gasteiger partial charge in [-0.1, -0.05) is 51.0 Å². The van der Waals surface area contributed by atoms with Crippen LogP contribution in [0.25, 0.3) is 0 Å². The van der Waals surface area contributed by atoms with E-state index in [0.29, 0.717) is 12.5 Å². The fourth-order valence-corrected chi connectivity index (χ4v) is 1.27. The van der Waals surface area contributed by atoms with E-state index < -0.39 is 0 Å². The van der Waals surface area contributed by atoms with Gasteiger partial charge >= 0.3 is 0 Å². The first-order valence-electron chi connectivity index (χ1n) is 5.84. The highest BCUT2D eigenvalue weighted by molar-refractivity contribution is 5.24. The highest BCUT2D eigenvalue weighted by Gasteiger charge is 1.99. The summed E-state index contributed by atoms with van der Waals surface area (Å²) in [7, 11) is 0. The zero-order chi connectivity index (χ0) is 12.5. The van der Waals surface area contributed by atoms with Crippen LogP contribution >= 0.6 is 0 Å². The maximum Gasteiger partial charge on any atom is 0.110 e. The summed E-state index contributed by atoms with van der Waals surface area (Å²) in [6.07, 6.45) is 0.785. The average molecular weight is 233 g/mol. The lowest BCUT2D eigenvalue weighted by Crippen LogP contribution is -2.07. The summed E-state index contributed by atoms with van der Waals surface area (Å²) >= 11 is 0. The number of rotatable bonds is 5. The van der Waals surface area contributed by atoms with E-state index in [4.69, 9.17) is 9.88 Å². The Kier molecular flexibility index (Phi) is 6.16. The van der Waals surface area contributed by atoms with E-state index in [0.717, 1.165) is 12.0 Å². The molecule has 3 nitrogen and oxygen atoms in total. The summed E-state index contributed by atoms with van der Waals surface area (Å²) in [5.74, 6) is 3.35. The second-order valence-corrected chi connectivity index (χ2v) is 4.00. The standard InChI is InChI=1S/C14H19NO2/c1-4-5-10-15-17-16-11-13-6-8-14(9-7-13)12(2)3/h6-9,12,15H,4,11H2,1-3H3. The van der Waals surface area contributed by atoms with Crippen LogP contribution in [0.15, 0.2) is 24.3 Å². The summed E-state index contributed by atoms with van der Waals surface area (Å²) in [4.78, 5) is 9.65. The maximum absolute atomic E-state index is 4.95. The zero-order valence-electron chi connectivity index (χ0n) is 10.6. The molecule has 0 aromatic heterocycles. The van der Waals surface area contributed by atoms with Gasteiger partial charge in [-0.05, 0) is 17.0 Å². The van der Waals surface area contributed by atoms with Crippen LogP contribution in [0.4, 0.5) is 0 Å². The van der Waals surface area contributed by atoms with Crippen LogP contribution in [0.3, 0.4) is 0 Å². The van der Waals surface area contributed by atoms with Crippen molar-refractivity contribution in [1.29, 1.82) is 0 Å². The van der Waals surface area contributed by atoms with Crippen molar-refractivity contribution in [2.24, 2.45) is 0 Å². The minimum atomic E-state index is 0.402. The number of nitrogens with one attached hydrogen (secondary N) is 1. The highest BCUT2D eigenvalue weighted by atomic mass is 17.3. The van der Waals surface area contributed by atoms with Crippen LogP contribution < -0.4 is 5.48 Å². The fourth-order valence-electron chi connectivity index (χ4n) is 1.27. The molecule has 0 amide bonds. The molecule has 0 saturated heterocycles. The van der Waals surface area contributed by atoms with E-state index in [9.17, 15) is 0 Å². The second kappa shape index (κ2) is 7.72. The van der Waals surface area contributed by atoms with E-state index in [1.54, 1.807) is 0 Å². The quantitative estimate of drug-likeness (QED) is 0.279. The summed E-state index contributed by atoms with van der Waals surface area (Å²) in [6, 6.07) is 10.9. The third-order valence-electron chi connectivity index (χ3n) is 2.29. The molecular formula is C14H19NO2. The fraction of sp³-hybridized carbons (Fsp3) is 0.429. The summed E-state index contributed by atoms with van der Waals surface area (Å²) in [5, 5.41) is 0. The predicted molar refractivity (Wildman–Crippen MR) is 67.6 cm³/mol. The monoisotopic (exact) mass is 233 g/mol. The Hall–Kier alpha value is -1.50. The van der Waals surface area contributed by atoms with E-state index in [1.807, 2.05) is 19.1 Å². The lowest BCUT2D eigenvalue weighted by atomic mass is 10.0. The van der Waals surface area contributed by atoms with Gasteiger partial charge in [0.15, 0.2) is 0 Å². The molecular weight excluding hydrogens is 214 g/mol. The molecule has 1 aromatic carbocycles. The first-order chi connectivity index (χ1) is 8.24. The van der Waals surface area contributed by atoms with Gasteiger partial charge in [-0.2, -0.15) is 5.48 Å². The highest BCUT2D eigenvalue weighted by Crippen LogP contribution is 2.14. The molecule has 17 heavy (non-hydrogen) atoms. The van der Waals surface area contributed by atoms with Crippen molar-refractivity contribution in [3.8, 4) is 12.0 Å². The zero-order valence-corrected chi connectivity index (χ0v) is 10.6. The first kappa shape index (κ1) is 13.6. The Labute approximate surface area is 103 Å². The topological polar surface area (TPSA) is 30.5 Å².